The minimum atomic E-state index is -4.28. The van der Waals surface area contributed by atoms with Crippen molar-refractivity contribution in [2.24, 2.45) is 5.92 Å². The topological polar surface area (TPSA) is 12.0 Å². The summed E-state index contributed by atoms with van der Waals surface area (Å²) in [5, 5.41) is 3.33. The molecule has 1 aromatic rings. The van der Waals surface area contributed by atoms with Gasteiger partial charge < -0.3 is 5.32 Å². The predicted molar refractivity (Wildman–Crippen MR) is 79.1 cm³/mol. The molecule has 0 bridgehead atoms. The first kappa shape index (κ1) is 16.3. The minimum Gasteiger partial charge on any atom is -0.310 e. The van der Waals surface area contributed by atoms with Gasteiger partial charge in [0, 0.05) is 6.04 Å². The normalized spacial score (nSPS) is 18.1. The van der Waals surface area contributed by atoms with Crippen molar-refractivity contribution in [1.29, 1.82) is 0 Å². The van der Waals surface area contributed by atoms with Gasteiger partial charge in [-0.2, -0.15) is 13.2 Å². The molecule has 0 aromatic heterocycles. The molecule has 0 aliphatic heterocycles. The van der Waals surface area contributed by atoms with Crippen molar-refractivity contribution in [2.75, 3.05) is 6.54 Å². The summed E-state index contributed by atoms with van der Waals surface area (Å²) in [4.78, 5) is 0. The van der Waals surface area contributed by atoms with Gasteiger partial charge in [0.05, 0.1) is 5.56 Å². The molecular weight excluding hydrogens is 275 g/mol. The summed E-state index contributed by atoms with van der Waals surface area (Å²) in [5.41, 5.74) is -0.0815. The Morgan fingerprint density at radius 2 is 1.86 bits per heavy atom. The zero-order valence-corrected chi connectivity index (χ0v) is 12.5. The van der Waals surface area contributed by atoms with Crippen LogP contribution in [0.1, 0.15) is 62.6 Å². The lowest BCUT2D eigenvalue weighted by atomic mass is 9.90. The molecule has 1 fully saturated rings. The van der Waals surface area contributed by atoms with Gasteiger partial charge in [-0.3, -0.25) is 0 Å². The van der Waals surface area contributed by atoms with Crippen LogP contribution in [0.4, 0.5) is 13.2 Å². The lowest BCUT2D eigenvalue weighted by molar-refractivity contribution is -0.138. The molecule has 0 spiro atoms. The predicted octanol–water partition coefficient (Wildman–Crippen LogP) is 5.33. The van der Waals surface area contributed by atoms with E-state index in [0.717, 1.165) is 32.2 Å². The summed E-state index contributed by atoms with van der Waals surface area (Å²) < 4.78 is 39.6. The summed E-state index contributed by atoms with van der Waals surface area (Å²) in [6.07, 6.45) is 2.19. The molecule has 1 atom stereocenters. The van der Waals surface area contributed by atoms with Crippen LogP contribution in [-0.4, -0.2) is 6.54 Å². The maximum absolute atomic E-state index is 13.2. The molecule has 1 aliphatic carbocycles. The molecule has 21 heavy (non-hydrogen) atoms. The van der Waals surface area contributed by atoms with Crippen LogP contribution in [-0.2, 0) is 6.18 Å². The maximum Gasteiger partial charge on any atom is 0.416 e. The van der Waals surface area contributed by atoms with E-state index < -0.39 is 11.7 Å². The zero-order valence-electron chi connectivity index (χ0n) is 12.5. The fourth-order valence-electron chi connectivity index (χ4n) is 3.28. The van der Waals surface area contributed by atoms with Gasteiger partial charge in [0.1, 0.15) is 0 Å². The molecule has 1 unspecified atom stereocenters. The van der Waals surface area contributed by atoms with Crippen molar-refractivity contribution in [3.8, 4) is 0 Å². The lowest BCUT2D eigenvalue weighted by Crippen LogP contribution is -2.26. The largest absolute Gasteiger partial charge is 0.416 e. The molecule has 1 aromatic carbocycles. The first-order valence-corrected chi connectivity index (χ1v) is 7.92. The summed E-state index contributed by atoms with van der Waals surface area (Å²) in [6.45, 7) is 2.79. The van der Waals surface area contributed by atoms with Crippen LogP contribution in [0.15, 0.2) is 24.3 Å². The summed E-state index contributed by atoms with van der Waals surface area (Å²) >= 11 is 0. The maximum atomic E-state index is 13.2. The highest BCUT2D eigenvalue weighted by Crippen LogP contribution is 2.38. The highest BCUT2D eigenvalue weighted by Gasteiger charge is 2.35. The van der Waals surface area contributed by atoms with E-state index in [9.17, 15) is 13.2 Å². The Morgan fingerprint density at radius 1 is 1.19 bits per heavy atom. The lowest BCUT2D eigenvalue weighted by Gasteiger charge is -2.25. The third kappa shape index (κ3) is 4.47. The summed E-state index contributed by atoms with van der Waals surface area (Å²) in [7, 11) is 0. The SMILES string of the molecule is CCCNC(CC1CCCC1)c1ccccc1C(F)(F)F. The van der Waals surface area contributed by atoms with E-state index in [-0.39, 0.29) is 6.04 Å². The Balaban J connectivity index is 2.22. The number of rotatable bonds is 6. The average Bonchev–Trinajstić information content (AvgIpc) is 2.95. The average molecular weight is 299 g/mol. The number of hydrogen-bond donors (Lipinski definition) is 1. The first-order valence-electron chi connectivity index (χ1n) is 7.92. The Labute approximate surface area is 124 Å². The van der Waals surface area contributed by atoms with E-state index in [2.05, 4.69) is 5.32 Å². The van der Waals surface area contributed by atoms with Crippen molar-refractivity contribution in [2.45, 2.75) is 57.7 Å². The van der Waals surface area contributed by atoms with Gasteiger partial charge in [-0.05, 0) is 36.9 Å². The van der Waals surface area contributed by atoms with E-state index in [1.165, 1.54) is 25.0 Å². The Morgan fingerprint density at radius 3 is 2.48 bits per heavy atom. The number of alkyl halides is 3. The molecule has 0 heterocycles. The summed E-state index contributed by atoms with van der Waals surface area (Å²) in [6, 6.07) is 5.82. The Kier molecular flexibility index (Phi) is 5.68. The highest BCUT2D eigenvalue weighted by atomic mass is 19.4. The molecule has 1 N–H and O–H groups in total. The van der Waals surface area contributed by atoms with Crippen LogP contribution >= 0.6 is 0 Å². The van der Waals surface area contributed by atoms with Gasteiger partial charge in [-0.25, -0.2) is 0 Å². The molecule has 4 heteroatoms. The number of halogens is 3. The molecular formula is C17H24F3N. The third-order valence-corrected chi connectivity index (χ3v) is 4.33. The Hall–Kier alpha value is -1.03. The molecule has 118 valence electrons. The van der Waals surface area contributed by atoms with Crippen LogP contribution in [0.5, 0.6) is 0 Å². The minimum absolute atomic E-state index is 0.189. The van der Waals surface area contributed by atoms with Gasteiger partial charge >= 0.3 is 6.18 Å². The second kappa shape index (κ2) is 7.30. The van der Waals surface area contributed by atoms with Crippen LogP contribution < -0.4 is 5.32 Å². The van der Waals surface area contributed by atoms with Gasteiger partial charge in [-0.15, -0.1) is 0 Å². The van der Waals surface area contributed by atoms with Gasteiger partial charge in [0.15, 0.2) is 0 Å². The smallest absolute Gasteiger partial charge is 0.310 e. The second-order valence-electron chi connectivity index (χ2n) is 5.98. The van der Waals surface area contributed by atoms with E-state index >= 15 is 0 Å². The van der Waals surface area contributed by atoms with E-state index in [0.29, 0.717) is 11.5 Å². The van der Waals surface area contributed by atoms with Crippen LogP contribution in [0.2, 0.25) is 0 Å². The molecule has 1 saturated carbocycles. The van der Waals surface area contributed by atoms with Gasteiger partial charge in [0.2, 0.25) is 0 Å². The fourth-order valence-corrected chi connectivity index (χ4v) is 3.28. The van der Waals surface area contributed by atoms with Crippen molar-refractivity contribution < 1.29 is 13.2 Å². The zero-order chi connectivity index (χ0) is 15.3. The third-order valence-electron chi connectivity index (χ3n) is 4.33. The molecule has 1 nitrogen and oxygen atoms in total. The molecule has 0 amide bonds. The fraction of sp³-hybridized carbons (Fsp3) is 0.647. The van der Waals surface area contributed by atoms with Gasteiger partial charge in [0.25, 0.3) is 0 Å². The highest BCUT2D eigenvalue weighted by molar-refractivity contribution is 5.32. The van der Waals surface area contributed by atoms with Crippen molar-refractivity contribution in [1.82, 2.24) is 5.32 Å². The van der Waals surface area contributed by atoms with Crippen molar-refractivity contribution >= 4 is 0 Å². The van der Waals surface area contributed by atoms with E-state index in [1.807, 2.05) is 6.92 Å². The van der Waals surface area contributed by atoms with Crippen LogP contribution in [0.25, 0.3) is 0 Å². The number of nitrogens with one attached hydrogen (secondary N) is 1. The standard InChI is InChI=1S/C17H24F3N/c1-2-11-21-16(12-13-7-3-4-8-13)14-9-5-6-10-15(14)17(18,19)20/h5-6,9-10,13,16,21H,2-4,7-8,11-12H2,1H3. The van der Waals surface area contributed by atoms with Crippen LogP contribution in [0.3, 0.4) is 0 Å². The van der Waals surface area contributed by atoms with Crippen LogP contribution in [0, 0.1) is 5.92 Å². The monoisotopic (exact) mass is 299 g/mol. The molecule has 1 aliphatic rings. The number of benzene rings is 1. The first-order chi connectivity index (χ1) is 10.0. The molecule has 2 rings (SSSR count). The Bertz CT molecular complexity index is 436. The van der Waals surface area contributed by atoms with Crippen molar-refractivity contribution in [3.05, 3.63) is 35.4 Å². The molecule has 0 saturated heterocycles. The summed E-state index contributed by atoms with van der Waals surface area (Å²) in [5.74, 6) is 0.556. The second-order valence-corrected chi connectivity index (χ2v) is 5.98. The van der Waals surface area contributed by atoms with Gasteiger partial charge in [-0.1, -0.05) is 50.8 Å². The number of hydrogen-bond acceptors (Lipinski definition) is 1. The van der Waals surface area contributed by atoms with E-state index in [1.54, 1.807) is 12.1 Å². The quantitative estimate of drug-likeness (QED) is 0.749. The van der Waals surface area contributed by atoms with Crippen molar-refractivity contribution in [3.63, 3.8) is 0 Å². The van der Waals surface area contributed by atoms with E-state index in [4.69, 9.17) is 0 Å². The molecule has 0 radical (unpaired) electrons.